The Kier molecular flexibility index (Phi) is 5.04. The summed E-state index contributed by atoms with van der Waals surface area (Å²) in [5, 5.41) is 3.84. The molecule has 0 spiro atoms. The molecular formula is C24H32N2. The fourth-order valence-electron chi connectivity index (χ4n) is 4.97. The molecule has 0 amide bonds. The van der Waals surface area contributed by atoms with Crippen molar-refractivity contribution in [3.8, 4) is 0 Å². The Morgan fingerprint density at radius 1 is 1.08 bits per heavy atom. The Labute approximate surface area is 158 Å². The lowest BCUT2D eigenvalue weighted by Crippen LogP contribution is -2.29. The van der Waals surface area contributed by atoms with E-state index in [1.807, 2.05) is 0 Å². The van der Waals surface area contributed by atoms with Gasteiger partial charge in [0.15, 0.2) is 0 Å². The van der Waals surface area contributed by atoms with Gasteiger partial charge in [0, 0.05) is 5.69 Å². The van der Waals surface area contributed by atoms with Crippen LogP contribution in [0, 0.1) is 6.92 Å². The van der Waals surface area contributed by atoms with Crippen LogP contribution in [0.3, 0.4) is 0 Å². The first-order valence-electron chi connectivity index (χ1n) is 10.3. The van der Waals surface area contributed by atoms with E-state index in [-0.39, 0.29) is 0 Å². The zero-order chi connectivity index (χ0) is 18.1. The smallest absolute Gasteiger partial charge is 0.0522 e. The van der Waals surface area contributed by atoms with Crippen molar-refractivity contribution in [3.05, 3.63) is 64.2 Å². The number of piperidine rings is 1. The van der Waals surface area contributed by atoms with Gasteiger partial charge in [0.2, 0.25) is 0 Å². The molecule has 1 fully saturated rings. The van der Waals surface area contributed by atoms with E-state index in [4.69, 9.17) is 0 Å². The molecule has 1 aliphatic carbocycles. The highest BCUT2D eigenvalue weighted by atomic mass is 15.1. The van der Waals surface area contributed by atoms with E-state index >= 15 is 0 Å². The maximum absolute atomic E-state index is 3.84. The van der Waals surface area contributed by atoms with E-state index in [1.54, 1.807) is 5.56 Å². The van der Waals surface area contributed by atoms with Crippen LogP contribution in [0.5, 0.6) is 0 Å². The molecule has 0 aromatic heterocycles. The van der Waals surface area contributed by atoms with Crippen molar-refractivity contribution in [1.82, 2.24) is 4.90 Å². The first-order valence-corrected chi connectivity index (χ1v) is 10.3. The summed E-state index contributed by atoms with van der Waals surface area (Å²) in [5.41, 5.74) is 8.91. The van der Waals surface area contributed by atoms with E-state index in [0.29, 0.717) is 6.04 Å². The van der Waals surface area contributed by atoms with E-state index in [9.17, 15) is 0 Å². The number of rotatable bonds is 4. The average Bonchev–Trinajstić information content (AvgIpc) is 3.07. The second-order valence-electron chi connectivity index (χ2n) is 8.23. The first kappa shape index (κ1) is 17.6. The molecule has 4 rings (SSSR count). The van der Waals surface area contributed by atoms with Crippen LogP contribution in [-0.4, -0.2) is 25.0 Å². The Morgan fingerprint density at radius 2 is 1.88 bits per heavy atom. The zero-order valence-corrected chi connectivity index (χ0v) is 16.5. The Balaban J connectivity index is 1.54. The standard InChI is InChI=1S/C24H32N2/c1-4-18-16-21(9-10-22(18)19-12-14-26(3)15-13-19)25-23-11-8-20-7-5-6-17(2)24(20)23/h5-7,9-10,16,19,23,25H,4,8,11-15H2,1-3H3. The van der Waals surface area contributed by atoms with Crippen LogP contribution in [0.4, 0.5) is 5.69 Å². The second-order valence-corrected chi connectivity index (χ2v) is 8.23. The van der Waals surface area contributed by atoms with Gasteiger partial charge in [-0.1, -0.05) is 31.2 Å². The fourth-order valence-corrected chi connectivity index (χ4v) is 4.97. The summed E-state index contributed by atoms with van der Waals surface area (Å²) in [4.78, 5) is 2.46. The van der Waals surface area contributed by atoms with E-state index in [0.717, 1.165) is 12.3 Å². The summed E-state index contributed by atoms with van der Waals surface area (Å²) < 4.78 is 0. The van der Waals surface area contributed by atoms with Crippen LogP contribution in [0.2, 0.25) is 0 Å². The molecule has 0 saturated carbocycles. The molecule has 2 aromatic rings. The second kappa shape index (κ2) is 7.44. The lowest BCUT2D eigenvalue weighted by molar-refractivity contribution is 0.255. The minimum absolute atomic E-state index is 0.463. The minimum Gasteiger partial charge on any atom is -0.378 e. The molecule has 2 aliphatic rings. The van der Waals surface area contributed by atoms with Crippen molar-refractivity contribution < 1.29 is 0 Å². The molecule has 1 atom stereocenters. The third-order valence-electron chi connectivity index (χ3n) is 6.49. The molecule has 26 heavy (non-hydrogen) atoms. The van der Waals surface area contributed by atoms with E-state index in [2.05, 4.69) is 67.5 Å². The van der Waals surface area contributed by atoms with Crippen molar-refractivity contribution in [2.24, 2.45) is 0 Å². The maximum Gasteiger partial charge on any atom is 0.0522 e. The number of fused-ring (bicyclic) bond motifs is 1. The minimum atomic E-state index is 0.463. The van der Waals surface area contributed by atoms with Gasteiger partial charge in [0.05, 0.1) is 6.04 Å². The first-order chi connectivity index (χ1) is 12.7. The number of anilines is 1. The predicted octanol–water partition coefficient (Wildman–Crippen LogP) is 5.47. The van der Waals surface area contributed by atoms with Crippen LogP contribution >= 0.6 is 0 Å². The van der Waals surface area contributed by atoms with Crippen molar-refractivity contribution >= 4 is 5.69 Å². The van der Waals surface area contributed by atoms with Crippen molar-refractivity contribution in [3.63, 3.8) is 0 Å². The topological polar surface area (TPSA) is 15.3 Å². The van der Waals surface area contributed by atoms with Gasteiger partial charge >= 0.3 is 0 Å². The Hall–Kier alpha value is -1.80. The molecule has 1 N–H and O–H groups in total. The highest BCUT2D eigenvalue weighted by Crippen LogP contribution is 2.37. The van der Waals surface area contributed by atoms with Gasteiger partial charge in [-0.25, -0.2) is 0 Å². The quantitative estimate of drug-likeness (QED) is 0.788. The van der Waals surface area contributed by atoms with Gasteiger partial charge in [-0.2, -0.15) is 0 Å². The molecule has 2 aromatic carbocycles. The van der Waals surface area contributed by atoms with Crippen LogP contribution in [0.1, 0.15) is 66.0 Å². The Morgan fingerprint density at radius 3 is 2.65 bits per heavy atom. The van der Waals surface area contributed by atoms with E-state index in [1.165, 1.54) is 66.7 Å². The molecular weight excluding hydrogens is 316 g/mol. The van der Waals surface area contributed by atoms with Gasteiger partial charge in [-0.05, 0) is 105 Å². The van der Waals surface area contributed by atoms with Crippen molar-refractivity contribution in [2.45, 2.75) is 57.9 Å². The van der Waals surface area contributed by atoms with Crippen LogP contribution in [-0.2, 0) is 12.8 Å². The average molecular weight is 349 g/mol. The lowest BCUT2D eigenvalue weighted by Gasteiger charge is -2.30. The van der Waals surface area contributed by atoms with Crippen molar-refractivity contribution in [1.29, 1.82) is 0 Å². The van der Waals surface area contributed by atoms with Crippen LogP contribution in [0.15, 0.2) is 36.4 Å². The van der Waals surface area contributed by atoms with Gasteiger partial charge in [0.1, 0.15) is 0 Å². The zero-order valence-electron chi connectivity index (χ0n) is 16.5. The largest absolute Gasteiger partial charge is 0.378 e. The predicted molar refractivity (Wildman–Crippen MR) is 111 cm³/mol. The third kappa shape index (κ3) is 3.40. The number of nitrogens with one attached hydrogen (secondary N) is 1. The monoisotopic (exact) mass is 348 g/mol. The number of benzene rings is 2. The summed E-state index contributed by atoms with van der Waals surface area (Å²) >= 11 is 0. The molecule has 0 radical (unpaired) electrons. The summed E-state index contributed by atoms with van der Waals surface area (Å²) in [6, 6.07) is 14.4. The number of nitrogens with zero attached hydrogens (tertiary/aromatic N) is 1. The van der Waals surface area contributed by atoms with E-state index < -0.39 is 0 Å². The molecule has 2 nitrogen and oxygen atoms in total. The third-order valence-corrected chi connectivity index (χ3v) is 6.49. The molecule has 0 bridgehead atoms. The van der Waals surface area contributed by atoms with Gasteiger partial charge in [0.25, 0.3) is 0 Å². The molecule has 1 aliphatic heterocycles. The number of hydrogen-bond acceptors (Lipinski definition) is 2. The molecule has 1 saturated heterocycles. The van der Waals surface area contributed by atoms with Gasteiger partial charge in [-0.15, -0.1) is 0 Å². The number of hydrogen-bond donors (Lipinski definition) is 1. The SMILES string of the molecule is CCc1cc(NC2CCc3cccc(C)c32)ccc1C1CCN(C)CC1. The summed E-state index contributed by atoms with van der Waals surface area (Å²) in [6.45, 7) is 7.00. The number of aryl methyl sites for hydroxylation is 3. The van der Waals surface area contributed by atoms with Crippen LogP contribution in [0.25, 0.3) is 0 Å². The molecule has 2 heteroatoms. The molecule has 138 valence electrons. The Bertz CT molecular complexity index is 772. The lowest BCUT2D eigenvalue weighted by atomic mass is 9.85. The normalized spacial score (nSPS) is 21.0. The number of likely N-dealkylation sites (tertiary alicyclic amines) is 1. The summed E-state index contributed by atoms with van der Waals surface area (Å²) in [6.07, 6.45) is 6.12. The molecule has 1 unspecified atom stereocenters. The van der Waals surface area contributed by atoms with Gasteiger partial charge < -0.3 is 10.2 Å². The maximum atomic E-state index is 3.84. The highest BCUT2D eigenvalue weighted by Gasteiger charge is 2.25. The fraction of sp³-hybridized carbons (Fsp3) is 0.500. The molecule has 1 heterocycles. The summed E-state index contributed by atoms with van der Waals surface area (Å²) in [5.74, 6) is 0.740. The highest BCUT2D eigenvalue weighted by molar-refractivity contribution is 5.53. The van der Waals surface area contributed by atoms with Crippen molar-refractivity contribution in [2.75, 3.05) is 25.5 Å². The van der Waals surface area contributed by atoms with Gasteiger partial charge in [-0.3, -0.25) is 0 Å². The van der Waals surface area contributed by atoms with Crippen LogP contribution < -0.4 is 5.32 Å². The summed E-state index contributed by atoms with van der Waals surface area (Å²) in [7, 11) is 2.24.